The first-order valence-corrected chi connectivity index (χ1v) is 10.6. The van der Waals surface area contributed by atoms with Crippen LogP contribution in [-0.4, -0.2) is 68.6 Å². The average Bonchev–Trinajstić information content (AvgIpc) is 2.72. The molecule has 0 bridgehead atoms. The predicted molar refractivity (Wildman–Crippen MR) is 130 cm³/mol. The lowest BCUT2D eigenvalue weighted by Crippen LogP contribution is -2.50. The standard InChI is InChI=1S/C22H37N5.HI/c1-18(20-9-5-4-6-10-20)27-14-11-21(12-15-27)25-22(23-2)24-16-19-8-7-13-26(3)17-19;/h4-6,9-10,18-19,21H,7-8,11-17H2,1-3H3,(H2,23,24,25);1H. The molecule has 0 radical (unpaired) electrons. The van der Waals surface area contributed by atoms with Gasteiger partial charge in [-0.05, 0) is 57.7 Å². The van der Waals surface area contributed by atoms with Gasteiger partial charge in [-0.25, -0.2) is 0 Å². The summed E-state index contributed by atoms with van der Waals surface area (Å²) in [6, 6.07) is 11.9. The maximum atomic E-state index is 4.45. The number of piperidine rings is 2. The number of benzene rings is 1. The van der Waals surface area contributed by atoms with Gasteiger partial charge in [-0.2, -0.15) is 0 Å². The van der Waals surface area contributed by atoms with E-state index < -0.39 is 0 Å². The number of nitrogens with one attached hydrogen (secondary N) is 2. The molecule has 2 unspecified atom stereocenters. The summed E-state index contributed by atoms with van der Waals surface area (Å²) < 4.78 is 0. The van der Waals surface area contributed by atoms with E-state index in [0.717, 1.165) is 31.5 Å². The van der Waals surface area contributed by atoms with Gasteiger partial charge in [0, 0.05) is 45.3 Å². The van der Waals surface area contributed by atoms with Crippen LogP contribution in [0, 0.1) is 5.92 Å². The highest BCUT2D eigenvalue weighted by molar-refractivity contribution is 14.0. The van der Waals surface area contributed by atoms with E-state index in [1.807, 2.05) is 7.05 Å². The molecule has 2 atom stereocenters. The highest BCUT2D eigenvalue weighted by atomic mass is 127. The van der Waals surface area contributed by atoms with E-state index in [-0.39, 0.29) is 24.0 Å². The zero-order valence-electron chi connectivity index (χ0n) is 17.7. The Morgan fingerprint density at radius 2 is 1.86 bits per heavy atom. The Kier molecular flexibility index (Phi) is 10.0. The van der Waals surface area contributed by atoms with Gasteiger partial charge >= 0.3 is 0 Å². The molecule has 3 rings (SSSR count). The fourth-order valence-corrected chi connectivity index (χ4v) is 4.44. The Morgan fingerprint density at radius 1 is 1.14 bits per heavy atom. The summed E-state index contributed by atoms with van der Waals surface area (Å²) in [6.07, 6.45) is 4.98. The lowest BCUT2D eigenvalue weighted by molar-refractivity contribution is 0.158. The predicted octanol–water partition coefficient (Wildman–Crippen LogP) is 3.34. The highest BCUT2D eigenvalue weighted by Crippen LogP contribution is 2.24. The molecular weight excluding hydrogens is 461 g/mol. The molecule has 0 spiro atoms. The minimum Gasteiger partial charge on any atom is -0.356 e. The number of hydrogen-bond donors (Lipinski definition) is 2. The van der Waals surface area contributed by atoms with Gasteiger partial charge in [0.2, 0.25) is 0 Å². The Labute approximate surface area is 188 Å². The molecule has 2 saturated heterocycles. The first kappa shape index (κ1) is 23.4. The maximum absolute atomic E-state index is 4.45. The molecule has 1 aromatic carbocycles. The zero-order valence-corrected chi connectivity index (χ0v) is 20.1. The average molecular weight is 499 g/mol. The van der Waals surface area contributed by atoms with Crippen molar-refractivity contribution < 1.29 is 0 Å². The molecule has 2 aliphatic heterocycles. The number of guanidine groups is 1. The summed E-state index contributed by atoms with van der Waals surface area (Å²) in [6.45, 7) is 8.05. The third-order valence-corrected chi connectivity index (χ3v) is 6.20. The van der Waals surface area contributed by atoms with Crippen LogP contribution in [0.3, 0.4) is 0 Å². The van der Waals surface area contributed by atoms with Crippen LogP contribution in [0.25, 0.3) is 0 Å². The van der Waals surface area contributed by atoms with Crippen LogP contribution in [0.4, 0.5) is 0 Å². The van der Waals surface area contributed by atoms with E-state index in [4.69, 9.17) is 0 Å². The van der Waals surface area contributed by atoms with Crippen LogP contribution < -0.4 is 10.6 Å². The number of aliphatic imine (C=N–C) groups is 1. The number of likely N-dealkylation sites (tertiary alicyclic amines) is 2. The van der Waals surface area contributed by atoms with Crippen LogP contribution in [0.15, 0.2) is 35.3 Å². The Balaban J connectivity index is 0.00000280. The van der Waals surface area contributed by atoms with Gasteiger partial charge in [0.25, 0.3) is 0 Å². The van der Waals surface area contributed by atoms with E-state index in [2.05, 4.69) is 69.7 Å². The van der Waals surface area contributed by atoms with Crippen LogP contribution in [0.1, 0.15) is 44.2 Å². The molecule has 0 aliphatic carbocycles. The molecule has 5 nitrogen and oxygen atoms in total. The fourth-order valence-electron chi connectivity index (χ4n) is 4.44. The number of rotatable bonds is 5. The lowest BCUT2D eigenvalue weighted by Gasteiger charge is -2.37. The highest BCUT2D eigenvalue weighted by Gasteiger charge is 2.24. The second-order valence-electron chi connectivity index (χ2n) is 8.26. The van der Waals surface area contributed by atoms with E-state index in [1.165, 1.54) is 44.3 Å². The van der Waals surface area contributed by atoms with Gasteiger partial charge < -0.3 is 15.5 Å². The van der Waals surface area contributed by atoms with Crippen LogP contribution in [-0.2, 0) is 0 Å². The SMILES string of the molecule is CN=C(NCC1CCCN(C)C1)NC1CCN(C(C)c2ccccc2)CC1.I. The van der Waals surface area contributed by atoms with Crippen molar-refractivity contribution in [2.75, 3.05) is 46.8 Å². The van der Waals surface area contributed by atoms with E-state index in [1.54, 1.807) is 0 Å². The molecule has 6 heteroatoms. The lowest BCUT2D eigenvalue weighted by atomic mass is 9.98. The van der Waals surface area contributed by atoms with Gasteiger partial charge in [0.15, 0.2) is 5.96 Å². The van der Waals surface area contributed by atoms with E-state index in [0.29, 0.717) is 12.1 Å². The van der Waals surface area contributed by atoms with Crippen LogP contribution >= 0.6 is 24.0 Å². The minimum atomic E-state index is 0. The number of halogens is 1. The summed E-state index contributed by atoms with van der Waals surface area (Å²) in [5.74, 6) is 1.70. The molecule has 0 aromatic heterocycles. The van der Waals surface area contributed by atoms with Crippen molar-refractivity contribution in [2.45, 2.75) is 44.7 Å². The minimum absolute atomic E-state index is 0. The monoisotopic (exact) mass is 499 g/mol. The second-order valence-corrected chi connectivity index (χ2v) is 8.26. The molecule has 2 N–H and O–H groups in total. The first-order chi connectivity index (χ1) is 13.2. The molecule has 2 heterocycles. The van der Waals surface area contributed by atoms with Crippen LogP contribution in [0.5, 0.6) is 0 Å². The summed E-state index contributed by atoms with van der Waals surface area (Å²) in [4.78, 5) is 9.49. The molecule has 2 fully saturated rings. The van der Waals surface area contributed by atoms with Crippen molar-refractivity contribution >= 4 is 29.9 Å². The van der Waals surface area contributed by atoms with Crippen molar-refractivity contribution in [3.63, 3.8) is 0 Å². The molecular formula is C22H38IN5. The third kappa shape index (κ3) is 6.88. The van der Waals surface area contributed by atoms with Crippen LogP contribution in [0.2, 0.25) is 0 Å². The first-order valence-electron chi connectivity index (χ1n) is 10.6. The smallest absolute Gasteiger partial charge is 0.191 e. The molecule has 1 aromatic rings. The van der Waals surface area contributed by atoms with Gasteiger partial charge in [0.1, 0.15) is 0 Å². The second kappa shape index (κ2) is 12.0. The summed E-state index contributed by atoms with van der Waals surface area (Å²) >= 11 is 0. The topological polar surface area (TPSA) is 42.9 Å². The van der Waals surface area contributed by atoms with Crippen molar-refractivity contribution in [2.24, 2.45) is 10.9 Å². The largest absolute Gasteiger partial charge is 0.356 e. The Morgan fingerprint density at radius 3 is 2.50 bits per heavy atom. The van der Waals surface area contributed by atoms with Crippen molar-refractivity contribution in [1.29, 1.82) is 0 Å². The molecule has 158 valence electrons. The van der Waals surface area contributed by atoms with Crippen molar-refractivity contribution in [1.82, 2.24) is 20.4 Å². The summed E-state index contributed by atoms with van der Waals surface area (Å²) in [7, 11) is 4.11. The molecule has 0 amide bonds. The number of nitrogens with zero attached hydrogens (tertiary/aromatic N) is 3. The summed E-state index contributed by atoms with van der Waals surface area (Å²) in [5.41, 5.74) is 1.42. The number of hydrogen-bond acceptors (Lipinski definition) is 3. The summed E-state index contributed by atoms with van der Waals surface area (Å²) in [5, 5.41) is 7.22. The van der Waals surface area contributed by atoms with E-state index >= 15 is 0 Å². The van der Waals surface area contributed by atoms with Gasteiger partial charge in [-0.3, -0.25) is 9.89 Å². The normalized spacial score (nSPS) is 23.7. The Hall–Kier alpha value is -0.860. The van der Waals surface area contributed by atoms with Crippen molar-refractivity contribution in [3.8, 4) is 0 Å². The maximum Gasteiger partial charge on any atom is 0.191 e. The van der Waals surface area contributed by atoms with Gasteiger partial charge in [-0.1, -0.05) is 30.3 Å². The van der Waals surface area contributed by atoms with Gasteiger partial charge in [0.05, 0.1) is 0 Å². The quantitative estimate of drug-likeness (QED) is 0.371. The van der Waals surface area contributed by atoms with E-state index in [9.17, 15) is 0 Å². The fraction of sp³-hybridized carbons (Fsp3) is 0.682. The van der Waals surface area contributed by atoms with Gasteiger partial charge in [-0.15, -0.1) is 24.0 Å². The van der Waals surface area contributed by atoms with Crippen molar-refractivity contribution in [3.05, 3.63) is 35.9 Å². The zero-order chi connectivity index (χ0) is 19.1. The molecule has 0 saturated carbocycles. The third-order valence-electron chi connectivity index (χ3n) is 6.20. The molecule has 28 heavy (non-hydrogen) atoms. The molecule has 2 aliphatic rings. The Bertz CT molecular complexity index is 586.